The molecule has 0 fully saturated rings. The number of hydrogen-bond donors (Lipinski definition) is 0. The van der Waals surface area contributed by atoms with Gasteiger partial charge in [0.25, 0.3) is 0 Å². The van der Waals surface area contributed by atoms with Gasteiger partial charge >= 0.3 is 5.97 Å². The molecule has 1 rings (SSSR count). The summed E-state index contributed by atoms with van der Waals surface area (Å²) in [5, 5.41) is 0. The summed E-state index contributed by atoms with van der Waals surface area (Å²) in [6.07, 6.45) is 1.61. The summed E-state index contributed by atoms with van der Waals surface area (Å²) >= 11 is 0. The van der Waals surface area contributed by atoms with Crippen LogP contribution >= 0.6 is 0 Å². The Labute approximate surface area is 88.4 Å². The average molecular weight is 208 g/mol. The fourth-order valence-electron chi connectivity index (χ4n) is 1.11. The summed E-state index contributed by atoms with van der Waals surface area (Å²) in [7, 11) is 1.15. The first kappa shape index (κ1) is 11.4. The standard InChI is InChI=1S/C12H13FO2/c1-9-3-5-10(6-4-9)7-8-11(13)12(14)15-2/h3-6,8H,7H2,1-2H3/b11-8-. The van der Waals surface area contributed by atoms with Crippen LogP contribution in [0.2, 0.25) is 0 Å². The van der Waals surface area contributed by atoms with E-state index in [0.717, 1.165) is 18.2 Å². The first-order valence-electron chi connectivity index (χ1n) is 4.63. The zero-order chi connectivity index (χ0) is 11.3. The molecule has 0 aromatic heterocycles. The highest BCUT2D eigenvalue weighted by atomic mass is 19.1. The molecule has 1 aromatic rings. The maximum atomic E-state index is 12.9. The summed E-state index contributed by atoms with van der Waals surface area (Å²) in [5.74, 6) is -1.78. The van der Waals surface area contributed by atoms with E-state index in [0.29, 0.717) is 6.42 Å². The van der Waals surface area contributed by atoms with Gasteiger partial charge in [-0.05, 0) is 25.0 Å². The molecular formula is C12H13FO2. The molecule has 0 bridgehead atoms. The fraction of sp³-hybridized carbons (Fsp3) is 0.250. The first-order valence-corrected chi connectivity index (χ1v) is 4.63. The van der Waals surface area contributed by atoms with Crippen LogP contribution in [0.15, 0.2) is 36.2 Å². The highest BCUT2D eigenvalue weighted by Crippen LogP contribution is 2.07. The number of carbonyl (C=O) groups is 1. The topological polar surface area (TPSA) is 26.3 Å². The largest absolute Gasteiger partial charge is 0.464 e. The lowest BCUT2D eigenvalue weighted by Crippen LogP contribution is -2.00. The number of methoxy groups -OCH3 is 1. The smallest absolute Gasteiger partial charge is 0.366 e. The van der Waals surface area contributed by atoms with Gasteiger partial charge in [-0.2, -0.15) is 4.39 Å². The van der Waals surface area contributed by atoms with Gasteiger partial charge in [0.15, 0.2) is 0 Å². The van der Waals surface area contributed by atoms with Crippen molar-refractivity contribution < 1.29 is 13.9 Å². The van der Waals surface area contributed by atoms with Crippen molar-refractivity contribution in [2.75, 3.05) is 7.11 Å². The average Bonchev–Trinajstić information content (AvgIpc) is 2.26. The van der Waals surface area contributed by atoms with Gasteiger partial charge in [0.05, 0.1) is 7.11 Å². The van der Waals surface area contributed by atoms with E-state index in [2.05, 4.69) is 4.74 Å². The van der Waals surface area contributed by atoms with Gasteiger partial charge in [0.1, 0.15) is 0 Å². The maximum absolute atomic E-state index is 12.9. The zero-order valence-corrected chi connectivity index (χ0v) is 8.79. The number of halogens is 1. The van der Waals surface area contributed by atoms with Crippen LogP contribution in [0.3, 0.4) is 0 Å². The number of aryl methyl sites for hydroxylation is 1. The van der Waals surface area contributed by atoms with Crippen LogP contribution in [0.4, 0.5) is 4.39 Å². The third-order valence-electron chi connectivity index (χ3n) is 2.02. The van der Waals surface area contributed by atoms with Crippen molar-refractivity contribution in [3.63, 3.8) is 0 Å². The van der Waals surface area contributed by atoms with Gasteiger partial charge < -0.3 is 4.74 Å². The second-order valence-corrected chi connectivity index (χ2v) is 3.23. The fourth-order valence-corrected chi connectivity index (χ4v) is 1.11. The minimum absolute atomic E-state index is 0.390. The summed E-state index contributed by atoms with van der Waals surface area (Å²) in [6.45, 7) is 1.98. The number of hydrogen-bond acceptors (Lipinski definition) is 2. The van der Waals surface area contributed by atoms with Crippen molar-refractivity contribution in [1.82, 2.24) is 0 Å². The minimum Gasteiger partial charge on any atom is -0.464 e. The molecule has 0 spiro atoms. The molecule has 1 aromatic carbocycles. The highest BCUT2D eigenvalue weighted by Gasteiger charge is 2.06. The molecule has 0 aliphatic heterocycles. The lowest BCUT2D eigenvalue weighted by Gasteiger charge is -1.98. The quantitative estimate of drug-likeness (QED) is 0.563. The predicted octanol–water partition coefficient (Wildman–Crippen LogP) is 2.56. The minimum atomic E-state index is -0.929. The normalized spacial score (nSPS) is 11.3. The Kier molecular flexibility index (Phi) is 4.03. The molecule has 2 nitrogen and oxygen atoms in total. The molecule has 0 heterocycles. The molecule has 0 radical (unpaired) electrons. The Hall–Kier alpha value is -1.64. The van der Waals surface area contributed by atoms with Crippen molar-refractivity contribution in [3.8, 4) is 0 Å². The van der Waals surface area contributed by atoms with Crippen molar-refractivity contribution in [2.24, 2.45) is 0 Å². The van der Waals surface area contributed by atoms with Crippen LogP contribution in [-0.2, 0) is 16.0 Å². The Bertz CT molecular complexity index is 366. The first-order chi connectivity index (χ1) is 7.13. The molecule has 0 saturated carbocycles. The van der Waals surface area contributed by atoms with Crippen LogP contribution in [-0.4, -0.2) is 13.1 Å². The molecule has 0 aliphatic rings. The Morgan fingerprint density at radius 1 is 1.40 bits per heavy atom. The van der Waals surface area contributed by atoms with E-state index in [1.165, 1.54) is 6.08 Å². The van der Waals surface area contributed by atoms with Gasteiger partial charge in [-0.25, -0.2) is 4.79 Å². The summed E-state index contributed by atoms with van der Waals surface area (Å²) in [4.78, 5) is 10.7. The van der Waals surface area contributed by atoms with Gasteiger partial charge in [0, 0.05) is 0 Å². The van der Waals surface area contributed by atoms with E-state index in [4.69, 9.17) is 0 Å². The monoisotopic (exact) mass is 208 g/mol. The van der Waals surface area contributed by atoms with Gasteiger partial charge in [-0.15, -0.1) is 0 Å². The van der Waals surface area contributed by atoms with E-state index in [1.807, 2.05) is 31.2 Å². The summed E-state index contributed by atoms with van der Waals surface area (Å²) in [5.41, 5.74) is 2.11. The maximum Gasteiger partial charge on any atom is 0.366 e. The molecule has 0 aliphatic carbocycles. The lowest BCUT2D eigenvalue weighted by molar-refractivity contribution is -0.137. The molecule has 0 atom stereocenters. The Morgan fingerprint density at radius 2 is 2.00 bits per heavy atom. The van der Waals surface area contributed by atoms with E-state index >= 15 is 0 Å². The third-order valence-corrected chi connectivity index (χ3v) is 2.02. The number of ether oxygens (including phenoxy) is 1. The van der Waals surface area contributed by atoms with Crippen LogP contribution < -0.4 is 0 Å². The van der Waals surface area contributed by atoms with Crippen LogP contribution in [0.5, 0.6) is 0 Å². The van der Waals surface area contributed by atoms with Crippen molar-refractivity contribution in [2.45, 2.75) is 13.3 Å². The van der Waals surface area contributed by atoms with E-state index in [9.17, 15) is 9.18 Å². The van der Waals surface area contributed by atoms with Crippen LogP contribution in [0, 0.1) is 6.92 Å². The summed E-state index contributed by atoms with van der Waals surface area (Å²) in [6, 6.07) is 7.69. The Morgan fingerprint density at radius 3 is 2.53 bits per heavy atom. The van der Waals surface area contributed by atoms with Gasteiger partial charge in [-0.3, -0.25) is 0 Å². The molecule has 0 saturated heterocycles. The lowest BCUT2D eigenvalue weighted by atomic mass is 10.1. The number of esters is 1. The molecule has 0 unspecified atom stereocenters. The molecule has 0 N–H and O–H groups in total. The van der Waals surface area contributed by atoms with Gasteiger partial charge in [-0.1, -0.05) is 29.8 Å². The van der Waals surface area contributed by atoms with Crippen molar-refractivity contribution in [3.05, 3.63) is 47.3 Å². The van der Waals surface area contributed by atoms with Crippen molar-refractivity contribution in [1.29, 1.82) is 0 Å². The Balaban J connectivity index is 2.63. The predicted molar refractivity (Wildman–Crippen MR) is 56.1 cm³/mol. The summed E-state index contributed by atoms with van der Waals surface area (Å²) < 4.78 is 17.2. The van der Waals surface area contributed by atoms with Gasteiger partial charge in [0.2, 0.25) is 5.83 Å². The highest BCUT2D eigenvalue weighted by molar-refractivity contribution is 5.85. The number of rotatable bonds is 3. The van der Waals surface area contributed by atoms with E-state index in [1.54, 1.807) is 0 Å². The number of allylic oxidation sites excluding steroid dienone is 1. The number of benzene rings is 1. The molecule has 80 valence electrons. The second kappa shape index (κ2) is 5.29. The molecule has 3 heteroatoms. The van der Waals surface area contributed by atoms with E-state index in [-0.39, 0.29) is 0 Å². The van der Waals surface area contributed by atoms with Crippen molar-refractivity contribution >= 4 is 5.97 Å². The van der Waals surface area contributed by atoms with Crippen LogP contribution in [0.1, 0.15) is 11.1 Å². The molecule has 15 heavy (non-hydrogen) atoms. The molecular weight excluding hydrogens is 195 g/mol. The third kappa shape index (κ3) is 3.54. The SMILES string of the molecule is COC(=O)/C(F)=C/Cc1ccc(C)cc1. The number of carbonyl (C=O) groups excluding carboxylic acids is 1. The zero-order valence-electron chi connectivity index (χ0n) is 8.79. The second-order valence-electron chi connectivity index (χ2n) is 3.23. The van der Waals surface area contributed by atoms with E-state index < -0.39 is 11.8 Å². The van der Waals surface area contributed by atoms with Crippen LogP contribution in [0.25, 0.3) is 0 Å². The molecule has 0 amide bonds.